The summed E-state index contributed by atoms with van der Waals surface area (Å²) < 4.78 is 0. The SMILES string of the molecule is NC(=O)c1cc(-c2csc(NC(=O)CNC(=O)C34CC5CC(CC(C5)C3)C4)n2)c[nH]1. The van der Waals surface area contributed by atoms with Crippen molar-refractivity contribution in [3.05, 3.63) is 23.3 Å². The Morgan fingerprint density at radius 2 is 1.83 bits per heavy atom. The third kappa shape index (κ3) is 3.51. The number of aromatic amines is 1. The highest BCUT2D eigenvalue weighted by molar-refractivity contribution is 7.14. The maximum Gasteiger partial charge on any atom is 0.265 e. The van der Waals surface area contributed by atoms with E-state index in [0.717, 1.165) is 24.8 Å². The van der Waals surface area contributed by atoms with Gasteiger partial charge in [0.15, 0.2) is 5.13 Å². The van der Waals surface area contributed by atoms with Gasteiger partial charge in [0.1, 0.15) is 5.69 Å². The molecule has 2 heterocycles. The zero-order chi connectivity index (χ0) is 20.9. The van der Waals surface area contributed by atoms with Crippen molar-refractivity contribution < 1.29 is 14.4 Å². The lowest BCUT2D eigenvalue weighted by atomic mass is 9.49. The molecule has 0 unspecified atom stereocenters. The number of carbonyl (C=O) groups excluding carboxylic acids is 3. The molecule has 4 fully saturated rings. The van der Waals surface area contributed by atoms with Crippen LogP contribution in [0.4, 0.5) is 5.13 Å². The molecular weight excluding hydrogens is 402 g/mol. The van der Waals surface area contributed by atoms with Gasteiger partial charge in [-0.25, -0.2) is 4.98 Å². The molecule has 2 aromatic rings. The predicted molar refractivity (Wildman–Crippen MR) is 113 cm³/mol. The molecule has 5 N–H and O–H groups in total. The van der Waals surface area contributed by atoms with Gasteiger partial charge in [-0.3, -0.25) is 14.4 Å². The summed E-state index contributed by atoms with van der Waals surface area (Å²) in [6.45, 7) is -0.0501. The molecule has 0 aliphatic heterocycles. The van der Waals surface area contributed by atoms with Crippen molar-refractivity contribution in [1.29, 1.82) is 0 Å². The van der Waals surface area contributed by atoms with E-state index in [0.29, 0.717) is 34.3 Å². The molecule has 0 saturated heterocycles. The maximum atomic E-state index is 13.0. The van der Waals surface area contributed by atoms with Crippen molar-refractivity contribution in [2.75, 3.05) is 11.9 Å². The molecule has 8 nitrogen and oxygen atoms in total. The van der Waals surface area contributed by atoms with E-state index in [-0.39, 0.29) is 23.8 Å². The molecule has 0 radical (unpaired) electrons. The molecule has 4 bridgehead atoms. The lowest BCUT2D eigenvalue weighted by molar-refractivity contribution is -0.146. The summed E-state index contributed by atoms with van der Waals surface area (Å²) in [6.07, 6.45) is 8.42. The topological polar surface area (TPSA) is 130 Å². The van der Waals surface area contributed by atoms with Gasteiger partial charge in [0.25, 0.3) is 5.91 Å². The Labute approximate surface area is 178 Å². The molecule has 4 aliphatic rings. The first-order valence-electron chi connectivity index (χ1n) is 10.4. The van der Waals surface area contributed by atoms with Crippen LogP contribution in [0.2, 0.25) is 0 Å². The normalized spacial score (nSPS) is 29.0. The molecule has 0 atom stereocenters. The number of hydrogen-bond acceptors (Lipinski definition) is 5. The molecule has 9 heteroatoms. The number of primary amides is 1. The van der Waals surface area contributed by atoms with Crippen molar-refractivity contribution in [2.24, 2.45) is 28.9 Å². The predicted octanol–water partition coefficient (Wildman–Crippen LogP) is 2.51. The van der Waals surface area contributed by atoms with Gasteiger partial charge in [-0.05, 0) is 62.3 Å². The van der Waals surface area contributed by atoms with E-state index >= 15 is 0 Å². The third-order valence-electron chi connectivity index (χ3n) is 6.92. The molecule has 30 heavy (non-hydrogen) atoms. The first-order valence-corrected chi connectivity index (χ1v) is 11.3. The number of amides is 3. The fourth-order valence-corrected chi connectivity index (χ4v) is 6.78. The Kier molecular flexibility index (Phi) is 4.65. The highest BCUT2D eigenvalue weighted by Crippen LogP contribution is 2.60. The summed E-state index contributed by atoms with van der Waals surface area (Å²) in [5, 5.41) is 7.86. The smallest absolute Gasteiger partial charge is 0.265 e. The number of H-pyrrole nitrogens is 1. The Morgan fingerprint density at radius 1 is 1.17 bits per heavy atom. The minimum Gasteiger partial charge on any atom is -0.364 e. The van der Waals surface area contributed by atoms with Gasteiger partial charge in [-0.2, -0.15) is 0 Å². The van der Waals surface area contributed by atoms with E-state index < -0.39 is 5.91 Å². The fourth-order valence-electron chi connectivity index (χ4n) is 6.05. The fraction of sp³-hybridized carbons (Fsp3) is 0.524. The highest BCUT2D eigenvalue weighted by atomic mass is 32.1. The van der Waals surface area contributed by atoms with E-state index in [1.165, 1.54) is 30.6 Å². The molecular formula is C21H25N5O3S. The van der Waals surface area contributed by atoms with Gasteiger partial charge in [-0.1, -0.05) is 0 Å². The zero-order valence-corrected chi connectivity index (χ0v) is 17.4. The summed E-state index contributed by atoms with van der Waals surface area (Å²) in [5.41, 5.74) is 6.65. The molecule has 4 saturated carbocycles. The zero-order valence-electron chi connectivity index (χ0n) is 16.6. The Balaban J connectivity index is 1.17. The van der Waals surface area contributed by atoms with E-state index in [9.17, 15) is 14.4 Å². The van der Waals surface area contributed by atoms with Crippen LogP contribution in [-0.2, 0) is 9.59 Å². The number of hydrogen-bond donors (Lipinski definition) is 4. The molecule has 2 aromatic heterocycles. The summed E-state index contributed by atoms with van der Waals surface area (Å²) >= 11 is 1.29. The van der Waals surface area contributed by atoms with Gasteiger partial charge in [0, 0.05) is 22.6 Å². The van der Waals surface area contributed by atoms with Gasteiger partial charge in [0.2, 0.25) is 11.8 Å². The van der Waals surface area contributed by atoms with Crippen LogP contribution >= 0.6 is 11.3 Å². The lowest BCUT2D eigenvalue weighted by Gasteiger charge is -2.55. The van der Waals surface area contributed by atoms with Crippen LogP contribution in [0.3, 0.4) is 0 Å². The molecule has 6 rings (SSSR count). The first-order chi connectivity index (χ1) is 14.4. The van der Waals surface area contributed by atoms with Crippen LogP contribution in [0.5, 0.6) is 0 Å². The number of nitrogens with zero attached hydrogens (tertiary/aromatic N) is 1. The van der Waals surface area contributed by atoms with Crippen molar-refractivity contribution >= 4 is 34.2 Å². The van der Waals surface area contributed by atoms with Gasteiger partial charge in [-0.15, -0.1) is 11.3 Å². The van der Waals surface area contributed by atoms with Crippen molar-refractivity contribution in [1.82, 2.24) is 15.3 Å². The van der Waals surface area contributed by atoms with E-state index in [4.69, 9.17) is 5.73 Å². The maximum absolute atomic E-state index is 13.0. The molecule has 158 valence electrons. The van der Waals surface area contributed by atoms with Crippen LogP contribution in [0.15, 0.2) is 17.6 Å². The molecule has 3 amide bonds. The minimum atomic E-state index is -0.542. The average molecular weight is 428 g/mol. The average Bonchev–Trinajstić information content (AvgIpc) is 3.34. The number of aromatic nitrogens is 2. The molecule has 0 spiro atoms. The van der Waals surface area contributed by atoms with Crippen LogP contribution in [0, 0.1) is 23.2 Å². The van der Waals surface area contributed by atoms with Crippen molar-refractivity contribution in [3.8, 4) is 11.3 Å². The van der Waals surface area contributed by atoms with Crippen LogP contribution in [-0.4, -0.2) is 34.2 Å². The second-order valence-corrected chi connectivity index (χ2v) is 9.99. The van der Waals surface area contributed by atoms with E-state index in [1.807, 2.05) is 0 Å². The lowest BCUT2D eigenvalue weighted by Crippen LogP contribution is -2.54. The highest BCUT2D eigenvalue weighted by Gasteiger charge is 2.54. The number of carbonyl (C=O) groups is 3. The summed E-state index contributed by atoms with van der Waals surface area (Å²) in [7, 11) is 0. The number of thiazole rings is 1. The van der Waals surface area contributed by atoms with E-state index in [2.05, 4.69) is 20.6 Å². The summed E-state index contributed by atoms with van der Waals surface area (Å²) in [5.74, 6) is 1.28. The largest absolute Gasteiger partial charge is 0.364 e. The quantitative estimate of drug-likeness (QED) is 0.564. The van der Waals surface area contributed by atoms with Gasteiger partial charge >= 0.3 is 0 Å². The Bertz CT molecular complexity index is 975. The van der Waals surface area contributed by atoms with Crippen LogP contribution in [0.25, 0.3) is 11.3 Å². The standard InChI is InChI=1S/C21H25N5O3S/c22-18(28)15-4-14(8-23-15)16-10-30-20(25-16)26-17(27)9-24-19(29)21-5-11-1-12(6-21)3-13(2-11)7-21/h4,8,10-13,23H,1-3,5-7,9H2,(H2,22,28)(H,24,29)(H,25,26,27). The number of nitrogens with one attached hydrogen (secondary N) is 3. The molecule has 4 aliphatic carbocycles. The van der Waals surface area contributed by atoms with E-state index in [1.54, 1.807) is 17.6 Å². The number of anilines is 1. The second kappa shape index (κ2) is 7.23. The minimum absolute atomic E-state index is 0.0443. The third-order valence-corrected chi connectivity index (χ3v) is 7.68. The van der Waals surface area contributed by atoms with Crippen LogP contribution in [0.1, 0.15) is 49.0 Å². The Morgan fingerprint density at radius 3 is 2.43 bits per heavy atom. The number of nitrogens with two attached hydrogens (primary N) is 1. The first kappa shape index (κ1) is 19.3. The second-order valence-electron chi connectivity index (χ2n) is 9.13. The summed E-state index contributed by atoms with van der Waals surface area (Å²) in [6, 6.07) is 1.62. The number of rotatable bonds is 6. The van der Waals surface area contributed by atoms with Crippen molar-refractivity contribution in [2.45, 2.75) is 38.5 Å². The molecule has 0 aromatic carbocycles. The van der Waals surface area contributed by atoms with Gasteiger partial charge < -0.3 is 21.4 Å². The van der Waals surface area contributed by atoms with Crippen LogP contribution < -0.4 is 16.4 Å². The van der Waals surface area contributed by atoms with Gasteiger partial charge in [0.05, 0.1) is 12.2 Å². The van der Waals surface area contributed by atoms with Crippen molar-refractivity contribution in [3.63, 3.8) is 0 Å². The Hall–Kier alpha value is -2.68. The monoisotopic (exact) mass is 427 g/mol. The summed E-state index contributed by atoms with van der Waals surface area (Å²) in [4.78, 5) is 43.7.